The zero-order chi connectivity index (χ0) is 41.3. The minimum absolute atomic E-state index is 0.00513. The summed E-state index contributed by atoms with van der Waals surface area (Å²) in [5.74, 6) is -2.11. The highest BCUT2D eigenvalue weighted by atomic mass is 35.5. The Morgan fingerprint density at radius 1 is 1.00 bits per heavy atom. The summed E-state index contributed by atoms with van der Waals surface area (Å²) in [4.78, 5) is 67.1. The van der Waals surface area contributed by atoms with E-state index in [0.29, 0.717) is 78.4 Å². The van der Waals surface area contributed by atoms with Crippen LogP contribution in [0.5, 0.6) is 11.5 Å². The largest absolute Gasteiger partial charge is 0.508 e. The van der Waals surface area contributed by atoms with Gasteiger partial charge in [-0.05, 0) is 98.7 Å². The summed E-state index contributed by atoms with van der Waals surface area (Å²) >= 11 is 6.22. The predicted molar refractivity (Wildman–Crippen MR) is 216 cm³/mol. The van der Waals surface area contributed by atoms with E-state index in [2.05, 4.69) is 10.6 Å². The number of ether oxygens (including phenoxy) is 2. The van der Waals surface area contributed by atoms with Gasteiger partial charge in [0.05, 0.1) is 30.0 Å². The van der Waals surface area contributed by atoms with Crippen LogP contribution in [0.1, 0.15) is 83.7 Å². The van der Waals surface area contributed by atoms with Crippen molar-refractivity contribution in [1.29, 1.82) is 0 Å². The normalized spacial score (nSPS) is 23.0. The number of nitrogens with zero attached hydrogens (tertiary/aromatic N) is 1. The molecule has 2 heterocycles. The molecule has 2 aromatic rings. The minimum Gasteiger partial charge on any atom is -0.508 e. The van der Waals surface area contributed by atoms with E-state index in [0.717, 1.165) is 11.1 Å². The van der Waals surface area contributed by atoms with Crippen molar-refractivity contribution in [2.24, 2.45) is 5.92 Å². The van der Waals surface area contributed by atoms with Crippen LogP contribution in [0.15, 0.2) is 119 Å². The van der Waals surface area contributed by atoms with Crippen molar-refractivity contribution in [1.82, 2.24) is 15.5 Å². The number of phenolic OH excluding ortho intramolecular Hbond substituents is 1. The molecule has 5 aliphatic rings. The number of carbonyl (C=O) groups excluding carboxylic acids is 4. The second-order valence-electron chi connectivity index (χ2n) is 15.1. The van der Waals surface area contributed by atoms with Crippen LogP contribution in [0.2, 0.25) is 0 Å². The van der Waals surface area contributed by atoms with Crippen LogP contribution < -0.4 is 15.4 Å². The molecule has 13 heteroatoms. The number of carboxylic acid groups (broad SMARTS) is 1. The van der Waals surface area contributed by atoms with Crippen molar-refractivity contribution in [3.63, 3.8) is 0 Å². The van der Waals surface area contributed by atoms with E-state index in [1.807, 2.05) is 38.2 Å². The Labute approximate surface area is 340 Å². The van der Waals surface area contributed by atoms with Gasteiger partial charge in [0, 0.05) is 59.5 Å². The summed E-state index contributed by atoms with van der Waals surface area (Å²) in [7, 11) is 1.59. The highest BCUT2D eigenvalue weighted by molar-refractivity contribution is 6.22. The van der Waals surface area contributed by atoms with E-state index in [1.165, 1.54) is 36.4 Å². The average molecular weight is 806 g/mol. The molecule has 300 valence electrons. The first-order valence-electron chi connectivity index (χ1n) is 19.2. The van der Waals surface area contributed by atoms with Gasteiger partial charge in [-0.3, -0.25) is 19.2 Å². The summed E-state index contributed by atoms with van der Waals surface area (Å²) in [6.07, 6.45) is 16.0. The second kappa shape index (κ2) is 16.4. The van der Waals surface area contributed by atoms with Crippen LogP contribution in [0.25, 0.3) is 0 Å². The molecule has 0 saturated heterocycles. The molecule has 0 spiro atoms. The number of halogens is 1. The number of hydrogen-bond acceptors (Lipinski definition) is 8. The van der Waals surface area contributed by atoms with Gasteiger partial charge in [0.25, 0.3) is 11.8 Å². The second-order valence-corrected chi connectivity index (χ2v) is 15.6. The Hall–Kier alpha value is -6.14. The summed E-state index contributed by atoms with van der Waals surface area (Å²) in [5, 5.41) is 26.0. The molecular weight excluding hydrogens is 762 g/mol. The van der Waals surface area contributed by atoms with Gasteiger partial charge in [0.2, 0.25) is 5.91 Å². The minimum atomic E-state index is -1.18. The molecule has 4 atom stereocenters. The Balaban J connectivity index is 0.979. The maximum atomic E-state index is 13.9. The van der Waals surface area contributed by atoms with Crippen LogP contribution in [0.4, 0.5) is 0 Å². The number of fused-ring (bicyclic) bond motifs is 3. The van der Waals surface area contributed by atoms with Gasteiger partial charge < -0.3 is 35.2 Å². The van der Waals surface area contributed by atoms with E-state index in [4.69, 9.17) is 21.1 Å². The zero-order valence-electron chi connectivity index (χ0n) is 32.3. The molecule has 4 N–H and O–H groups in total. The molecule has 12 nitrogen and oxygen atoms in total. The maximum Gasteiger partial charge on any atom is 0.335 e. The summed E-state index contributed by atoms with van der Waals surface area (Å²) < 4.78 is 11.5. The lowest BCUT2D eigenvalue weighted by Gasteiger charge is -2.39. The fourth-order valence-corrected chi connectivity index (χ4v) is 8.54. The molecule has 0 fully saturated rings. The van der Waals surface area contributed by atoms with Gasteiger partial charge in [-0.2, -0.15) is 0 Å². The quantitative estimate of drug-likeness (QED) is 0.138. The number of hydrogen-bond donors (Lipinski definition) is 4. The molecule has 2 aromatic carbocycles. The molecule has 3 aliphatic carbocycles. The topological polar surface area (TPSA) is 172 Å². The summed E-state index contributed by atoms with van der Waals surface area (Å²) in [6.45, 7) is 4.54. The van der Waals surface area contributed by atoms with E-state index in [9.17, 15) is 34.2 Å². The number of aromatic hydroxyl groups is 1. The number of unbranched alkanes of at least 4 members (excludes halogenated alkanes) is 1. The van der Waals surface area contributed by atoms with Gasteiger partial charge in [0.15, 0.2) is 5.78 Å². The molecule has 2 aliphatic heterocycles. The maximum absolute atomic E-state index is 13.9. The lowest BCUT2D eigenvalue weighted by Crippen LogP contribution is -2.47. The third kappa shape index (κ3) is 7.76. The Morgan fingerprint density at radius 3 is 2.50 bits per heavy atom. The van der Waals surface area contributed by atoms with Crippen LogP contribution in [-0.4, -0.2) is 75.7 Å². The van der Waals surface area contributed by atoms with E-state index < -0.39 is 29.3 Å². The number of aromatic carboxylic acids is 1. The van der Waals surface area contributed by atoms with Gasteiger partial charge in [-0.15, -0.1) is 11.6 Å². The molecule has 0 radical (unpaired) electrons. The molecule has 0 bridgehead atoms. The number of carboxylic acids is 1. The van der Waals surface area contributed by atoms with Crippen molar-refractivity contribution in [3.8, 4) is 11.5 Å². The van der Waals surface area contributed by atoms with E-state index in [1.54, 1.807) is 36.3 Å². The Kier molecular flexibility index (Phi) is 11.3. The van der Waals surface area contributed by atoms with Crippen molar-refractivity contribution in [3.05, 3.63) is 141 Å². The van der Waals surface area contributed by atoms with Crippen molar-refractivity contribution >= 4 is 41.1 Å². The summed E-state index contributed by atoms with van der Waals surface area (Å²) in [5.41, 5.74) is 3.44. The first-order chi connectivity index (χ1) is 27.8. The number of phenols is 1. The van der Waals surface area contributed by atoms with E-state index in [-0.39, 0.29) is 46.3 Å². The number of benzene rings is 2. The fourth-order valence-electron chi connectivity index (χ4n) is 8.38. The Morgan fingerprint density at radius 2 is 1.78 bits per heavy atom. The molecule has 7 rings (SSSR count). The highest BCUT2D eigenvalue weighted by Crippen LogP contribution is 2.50. The molecule has 4 unspecified atom stereocenters. The number of nitrogens with one attached hydrogen (secondary N) is 2. The lowest BCUT2D eigenvalue weighted by molar-refractivity contribution is -0.128. The Bertz CT molecular complexity index is 2330. The molecule has 0 saturated carbocycles. The van der Waals surface area contributed by atoms with Gasteiger partial charge in [-0.25, -0.2) is 4.79 Å². The number of alkyl halides is 1. The monoisotopic (exact) mass is 805 g/mol. The number of rotatable bonds is 12. The molecule has 0 aromatic heterocycles. The average Bonchev–Trinajstić information content (AvgIpc) is 3.41. The first kappa shape index (κ1) is 40.1. The third-order valence-electron chi connectivity index (χ3n) is 11.3. The number of carbonyl (C=O) groups is 5. The standard InChI is InChI=1S/C45H44ClN3O9/c1-25-35(37-23-31(57-3)16-17-45(37,2)49(25)43(54)26-6-9-28(46)10-7-26)24-40(52)47-18-4-5-19-48-42(53)27-8-13-32(44(55)56)36(20-27)41-33-14-11-29(50)21-38(33)58-39-22-30(51)12-15-34(39)41/h6-9,11-16,20-23,28,33,41,51H,4-5,10,17-19,24H2,1-3H3,(H,47,52)(H,48,53)(H,55,56). The number of methoxy groups -OCH3 is 1. The fraction of sp³-hybridized carbons (Fsp3) is 0.311. The van der Waals surface area contributed by atoms with E-state index >= 15 is 0 Å². The molecule has 58 heavy (non-hydrogen) atoms. The van der Waals surface area contributed by atoms with Gasteiger partial charge in [0.1, 0.15) is 23.0 Å². The smallest absolute Gasteiger partial charge is 0.335 e. The lowest BCUT2D eigenvalue weighted by atomic mass is 9.74. The van der Waals surface area contributed by atoms with Gasteiger partial charge in [-0.1, -0.05) is 30.4 Å². The van der Waals surface area contributed by atoms with Crippen LogP contribution in [0, 0.1) is 5.92 Å². The predicted octanol–water partition coefficient (Wildman–Crippen LogP) is 6.50. The SMILES string of the molecule is COC1=CCC2(C)C(=C1)C(CC(=O)NCCCCNC(=O)c1ccc(C(=O)O)c(C3c4ccc(O)cc4OC4=CC(=O)C=CC43)c1)=C(C)N2C(=O)C1=CCC(Cl)C=C1. The first-order valence-corrected chi connectivity index (χ1v) is 19.6. The van der Waals surface area contributed by atoms with Crippen molar-refractivity contribution in [2.45, 2.75) is 62.8 Å². The van der Waals surface area contributed by atoms with Crippen LogP contribution in [-0.2, 0) is 19.1 Å². The third-order valence-corrected chi connectivity index (χ3v) is 11.6. The summed E-state index contributed by atoms with van der Waals surface area (Å²) in [6, 6.07) is 8.95. The number of ketones is 1. The zero-order valence-corrected chi connectivity index (χ0v) is 33.1. The number of allylic oxidation sites excluding steroid dienone is 7. The van der Waals surface area contributed by atoms with Crippen LogP contribution in [0.3, 0.4) is 0 Å². The molecular formula is C45H44ClN3O9. The van der Waals surface area contributed by atoms with Crippen molar-refractivity contribution in [2.75, 3.05) is 20.2 Å². The molecule has 3 amide bonds. The highest BCUT2D eigenvalue weighted by Gasteiger charge is 2.49. The number of amides is 3. The van der Waals surface area contributed by atoms with Crippen molar-refractivity contribution < 1.29 is 43.7 Å². The van der Waals surface area contributed by atoms with Gasteiger partial charge >= 0.3 is 5.97 Å². The van der Waals surface area contributed by atoms with Crippen LogP contribution >= 0.6 is 11.6 Å².